The number of nitrogens with two attached hydrogens (primary N) is 1. The minimum absolute atomic E-state index is 0.0235. The summed E-state index contributed by atoms with van der Waals surface area (Å²) >= 11 is 0. The summed E-state index contributed by atoms with van der Waals surface area (Å²) in [6.07, 6.45) is -9.04. The summed E-state index contributed by atoms with van der Waals surface area (Å²) in [6.45, 7) is 0.266. The van der Waals surface area contributed by atoms with E-state index in [1.54, 1.807) is 0 Å². The molecule has 0 heterocycles. The van der Waals surface area contributed by atoms with Gasteiger partial charge in [-0.3, -0.25) is 0 Å². The molecule has 1 aromatic carbocycles. The zero-order valence-electron chi connectivity index (χ0n) is 9.65. The first kappa shape index (κ1) is 14.2. The van der Waals surface area contributed by atoms with Crippen molar-refractivity contribution in [2.75, 3.05) is 6.54 Å². The average Bonchev–Trinajstić information content (AvgIpc) is 3.05. The molecular formula is C12H11F6N. The van der Waals surface area contributed by atoms with Crippen LogP contribution in [0.1, 0.15) is 29.0 Å². The fourth-order valence-electron chi connectivity index (χ4n) is 2.11. The second-order valence-electron chi connectivity index (χ2n) is 4.68. The Labute approximate surface area is 105 Å². The van der Waals surface area contributed by atoms with Gasteiger partial charge in [-0.25, -0.2) is 0 Å². The lowest BCUT2D eigenvalue weighted by molar-refractivity contribution is -0.143. The molecule has 1 aliphatic carbocycles. The molecule has 1 aromatic rings. The molecule has 2 N–H and O–H groups in total. The monoisotopic (exact) mass is 283 g/mol. The third-order valence-electron chi connectivity index (χ3n) is 3.26. The number of hydrogen-bond acceptors (Lipinski definition) is 1. The largest absolute Gasteiger partial charge is 0.416 e. The van der Waals surface area contributed by atoms with Crippen LogP contribution in [0.2, 0.25) is 0 Å². The summed E-state index contributed by atoms with van der Waals surface area (Å²) in [6, 6.07) is 1.72. The standard InChI is InChI=1S/C12H11F6N/c13-11(14,15)8-1-6(10-3-7(10)5-19)2-9(4-8)12(16,17)18/h1-2,4,7,10H,3,5,19H2. The highest BCUT2D eigenvalue weighted by atomic mass is 19.4. The predicted octanol–water partition coefficient (Wildman–Crippen LogP) is 3.79. The maximum absolute atomic E-state index is 12.6. The lowest BCUT2D eigenvalue weighted by Crippen LogP contribution is -2.12. The molecule has 2 rings (SSSR count). The average molecular weight is 283 g/mol. The number of alkyl halides is 6. The van der Waals surface area contributed by atoms with Crippen LogP contribution in [0.3, 0.4) is 0 Å². The summed E-state index contributed by atoms with van der Waals surface area (Å²) < 4.78 is 75.6. The molecule has 106 valence electrons. The van der Waals surface area contributed by atoms with Crippen molar-refractivity contribution in [3.63, 3.8) is 0 Å². The summed E-state index contributed by atoms with van der Waals surface area (Å²) in [5, 5.41) is 0. The lowest BCUT2D eigenvalue weighted by Gasteiger charge is -2.14. The predicted molar refractivity (Wildman–Crippen MR) is 56.3 cm³/mol. The molecule has 0 radical (unpaired) electrons. The van der Waals surface area contributed by atoms with E-state index >= 15 is 0 Å². The van der Waals surface area contributed by atoms with Crippen LogP contribution >= 0.6 is 0 Å². The number of rotatable bonds is 2. The molecule has 1 aliphatic rings. The normalized spacial score (nSPS) is 23.5. The van der Waals surface area contributed by atoms with Crippen molar-refractivity contribution < 1.29 is 26.3 Å². The van der Waals surface area contributed by atoms with Gasteiger partial charge in [0.25, 0.3) is 0 Å². The topological polar surface area (TPSA) is 26.0 Å². The van der Waals surface area contributed by atoms with E-state index in [4.69, 9.17) is 5.73 Å². The minimum atomic E-state index is -4.79. The molecule has 0 aliphatic heterocycles. The second kappa shape index (κ2) is 4.40. The van der Waals surface area contributed by atoms with Gasteiger partial charge in [0, 0.05) is 0 Å². The molecule has 2 atom stereocenters. The number of benzene rings is 1. The van der Waals surface area contributed by atoms with Crippen LogP contribution in [-0.4, -0.2) is 6.54 Å². The summed E-state index contributed by atoms with van der Waals surface area (Å²) in [7, 11) is 0. The Balaban J connectivity index is 2.44. The van der Waals surface area contributed by atoms with E-state index in [0.29, 0.717) is 6.42 Å². The Kier molecular flexibility index (Phi) is 3.28. The zero-order chi connectivity index (χ0) is 14.4. The van der Waals surface area contributed by atoms with Crippen LogP contribution in [0.4, 0.5) is 26.3 Å². The van der Waals surface area contributed by atoms with Gasteiger partial charge in [0.1, 0.15) is 0 Å². The summed E-state index contributed by atoms with van der Waals surface area (Å²) in [4.78, 5) is 0. The van der Waals surface area contributed by atoms with Gasteiger partial charge >= 0.3 is 12.4 Å². The smallest absolute Gasteiger partial charge is 0.330 e. The Hall–Kier alpha value is -1.24. The Morgan fingerprint density at radius 2 is 1.42 bits per heavy atom. The number of halogens is 6. The van der Waals surface area contributed by atoms with Gasteiger partial charge in [-0.15, -0.1) is 0 Å². The minimum Gasteiger partial charge on any atom is -0.330 e. The van der Waals surface area contributed by atoms with Crippen LogP contribution < -0.4 is 5.73 Å². The third kappa shape index (κ3) is 3.02. The van der Waals surface area contributed by atoms with Crippen molar-refractivity contribution in [1.82, 2.24) is 0 Å². The van der Waals surface area contributed by atoms with E-state index in [0.717, 1.165) is 12.1 Å². The molecule has 19 heavy (non-hydrogen) atoms. The van der Waals surface area contributed by atoms with Crippen LogP contribution in [-0.2, 0) is 12.4 Å². The molecule has 1 saturated carbocycles. The van der Waals surface area contributed by atoms with E-state index in [9.17, 15) is 26.3 Å². The molecule has 0 amide bonds. The molecule has 1 fully saturated rings. The van der Waals surface area contributed by atoms with Gasteiger partial charge in [0.2, 0.25) is 0 Å². The first-order chi connectivity index (χ1) is 8.63. The molecule has 2 unspecified atom stereocenters. The Morgan fingerprint density at radius 1 is 0.947 bits per heavy atom. The van der Waals surface area contributed by atoms with Crippen molar-refractivity contribution in [1.29, 1.82) is 0 Å². The van der Waals surface area contributed by atoms with Crippen LogP contribution in [0.15, 0.2) is 18.2 Å². The fraction of sp³-hybridized carbons (Fsp3) is 0.500. The molecule has 0 spiro atoms. The van der Waals surface area contributed by atoms with Gasteiger partial charge in [-0.1, -0.05) is 0 Å². The highest BCUT2D eigenvalue weighted by molar-refractivity contribution is 5.38. The number of hydrogen-bond donors (Lipinski definition) is 1. The van der Waals surface area contributed by atoms with E-state index in [1.165, 1.54) is 0 Å². The van der Waals surface area contributed by atoms with Crippen LogP contribution in [0.25, 0.3) is 0 Å². The SMILES string of the molecule is NCC1CC1c1cc(C(F)(F)F)cc(C(F)(F)F)c1. The highest BCUT2D eigenvalue weighted by Gasteiger charge is 2.42. The molecule has 0 bridgehead atoms. The van der Waals surface area contributed by atoms with E-state index in [2.05, 4.69) is 0 Å². The fourth-order valence-corrected chi connectivity index (χ4v) is 2.11. The van der Waals surface area contributed by atoms with Gasteiger partial charge in [0.05, 0.1) is 11.1 Å². The van der Waals surface area contributed by atoms with Crippen molar-refractivity contribution in [3.8, 4) is 0 Å². The Bertz CT molecular complexity index is 444. The van der Waals surface area contributed by atoms with Crippen LogP contribution in [0, 0.1) is 5.92 Å². The maximum atomic E-state index is 12.6. The van der Waals surface area contributed by atoms with Crippen molar-refractivity contribution in [3.05, 3.63) is 34.9 Å². The van der Waals surface area contributed by atoms with E-state index < -0.39 is 23.5 Å². The maximum Gasteiger partial charge on any atom is 0.416 e. The zero-order valence-corrected chi connectivity index (χ0v) is 9.65. The Morgan fingerprint density at radius 3 is 1.74 bits per heavy atom. The van der Waals surface area contributed by atoms with Gasteiger partial charge in [-0.05, 0) is 48.6 Å². The lowest BCUT2D eigenvalue weighted by atomic mass is 10.0. The van der Waals surface area contributed by atoms with Crippen molar-refractivity contribution >= 4 is 0 Å². The summed E-state index contributed by atoms with van der Waals surface area (Å²) in [5.41, 5.74) is 2.90. The first-order valence-electron chi connectivity index (χ1n) is 5.62. The highest BCUT2D eigenvalue weighted by Crippen LogP contribution is 2.49. The molecule has 0 aromatic heterocycles. The summed E-state index contributed by atoms with van der Waals surface area (Å²) in [5.74, 6) is -0.321. The van der Waals surface area contributed by atoms with E-state index in [-0.39, 0.29) is 30.0 Å². The molecule has 7 heteroatoms. The van der Waals surface area contributed by atoms with Gasteiger partial charge < -0.3 is 5.73 Å². The molecular weight excluding hydrogens is 272 g/mol. The quantitative estimate of drug-likeness (QED) is 0.821. The van der Waals surface area contributed by atoms with Gasteiger partial charge in [-0.2, -0.15) is 26.3 Å². The van der Waals surface area contributed by atoms with Crippen molar-refractivity contribution in [2.24, 2.45) is 11.7 Å². The van der Waals surface area contributed by atoms with E-state index in [1.807, 2.05) is 0 Å². The van der Waals surface area contributed by atoms with Crippen LogP contribution in [0.5, 0.6) is 0 Å². The molecule has 1 nitrogen and oxygen atoms in total. The first-order valence-corrected chi connectivity index (χ1v) is 5.62. The third-order valence-corrected chi connectivity index (χ3v) is 3.26. The van der Waals surface area contributed by atoms with Gasteiger partial charge in [0.15, 0.2) is 0 Å². The second-order valence-corrected chi connectivity index (χ2v) is 4.68. The van der Waals surface area contributed by atoms with Crippen molar-refractivity contribution in [2.45, 2.75) is 24.7 Å². The molecule has 0 saturated heterocycles.